The van der Waals surface area contributed by atoms with Crippen LogP contribution in [0.3, 0.4) is 0 Å². The van der Waals surface area contributed by atoms with E-state index in [-0.39, 0.29) is 12.4 Å². The van der Waals surface area contributed by atoms with E-state index in [4.69, 9.17) is 27.9 Å². The van der Waals surface area contributed by atoms with Crippen LogP contribution in [0.2, 0.25) is 10.0 Å². The lowest BCUT2D eigenvalue weighted by atomic mass is 10.2. The molecule has 0 radical (unpaired) electrons. The number of halogens is 5. The van der Waals surface area contributed by atoms with E-state index in [1.807, 2.05) is 0 Å². The van der Waals surface area contributed by atoms with Gasteiger partial charge in [-0.25, -0.2) is 0 Å². The highest BCUT2D eigenvalue weighted by atomic mass is 35.5. The molecule has 112 valence electrons. The van der Waals surface area contributed by atoms with Gasteiger partial charge in [-0.1, -0.05) is 29.3 Å². The molecule has 0 saturated carbocycles. The topological polar surface area (TPSA) is 29.5 Å². The van der Waals surface area contributed by atoms with Crippen LogP contribution in [0.4, 0.5) is 13.2 Å². The smallest absolute Gasteiger partial charge is 0.416 e. The van der Waals surface area contributed by atoms with Gasteiger partial charge in [-0.15, -0.1) is 0 Å². The Hall–Kier alpha value is -1.59. The molecule has 0 saturated heterocycles. The molecule has 0 aromatic heterocycles. The van der Waals surface area contributed by atoms with Gasteiger partial charge in [-0.05, 0) is 24.3 Å². The van der Waals surface area contributed by atoms with Gasteiger partial charge in [-0.3, -0.25) is 0 Å². The first-order chi connectivity index (χ1) is 9.77. The van der Waals surface area contributed by atoms with Gasteiger partial charge in [0.1, 0.15) is 18.1 Å². The molecule has 0 aliphatic rings. The molecule has 0 aliphatic heterocycles. The second kappa shape index (κ2) is 6.03. The van der Waals surface area contributed by atoms with Crippen molar-refractivity contribution in [3.63, 3.8) is 0 Å². The van der Waals surface area contributed by atoms with Crippen LogP contribution in [0.15, 0.2) is 36.4 Å². The number of aromatic hydroxyl groups is 1. The van der Waals surface area contributed by atoms with Crippen molar-refractivity contribution < 1.29 is 23.0 Å². The second-order valence-corrected chi connectivity index (χ2v) is 5.02. The molecule has 2 aromatic rings. The summed E-state index contributed by atoms with van der Waals surface area (Å²) in [7, 11) is 0. The molecule has 0 atom stereocenters. The van der Waals surface area contributed by atoms with Crippen LogP contribution in [0.25, 0.3) is 0 Å². The molecule has 2 aromatic carbocycles. The van der Waals surface area contributed by atoms with Gasteiger partial charge in [0.2, 0.25) is 0 Å². The fourth-order valence-electron chi connectivity index (χ4n) is 1.66. The van der Waals surface area contributed by atoms with Crippen molar-refractivity contribution in [2.24, 2.45) is 0 Å². The Kier molecular flexibility index (Phi) is 4.54. The van der Waals surface area contributed by atoms with Crippen LogP contribution in [0, 0.1) is 0 Å². The quantitative estimate of drug-likeness (QED) is 0.824. The summed E-state index contributed by atoms with van der Waals surface area (Å²) < 4.78 is 43.1. The zero-order valence-corrected chi connectivity index (χ0v) is 11.9. The monoisotopic (exact) mass is 336 g/mol. The average molecular weight is 337 g/mol. The minimum atomic E-state index is -4.57. The summed E-state index contributed by atoms with van der Waals surface area (Å²) in [5.41, 5.74) is -0.541. The van der Waals surface area contributed by atoms with E-state index in [0.717, 1.165) is 12.1 Å². The molecule has 0 bridgehead atoms. The van der Waals surface area contributed by atoms with E-state index in [1.165, 1.54) is 0 Å². The molecule has 2 rings (SSSR count). The molecule has 2 nitrogen and oxygen atoms in total. The normalized spacial score (nSPS) is 11.5. The van der Waals surface area contributed by atoms with Crippen LogP contribution >= 0.6 is 23.2 Å². The van der Waals surface area contributed by atoms with Gasteiger partial charge in [0, 0.05) is 21.7 Å². The maximum atomic E-state index is 12.6. The molecule has 0 fully saturated rings. The minimum absolute atomic E-state index is 0.112. The summed E-state index contributed by atoms with van der Waals surface area (Å²) in [5.74, 6) is -0.664. The largest absolute Gasteiger partial charge is 0.508 e. The Labute approximate surface area is 128 Å². The first-order valence-corrected chi connectivity index (χ1v) is 6.50. The maximum Gasteiger partial charge on any atom is 0.416 e. The Morgan fingerprint density at radius 3 is 2.24 bits per heavy atom. The predicted molar refractivity (Wildman–Crippen MR) is 73.9 cm³/mol. The summed E-state index contributed by atoms with van der Waals surface area (Å²) in [6, 6.07) is 7.33. The maximum absolute atomic E-state index is 12.6. The van der Waals surface area contributed by atoms with Crippen molar-refractivity contribution in [1.82, 2.24) is 0 Å². The van der Waals surface area contributed by atoms with Crippen molar-refractivity contribution in [3.8, 4) is 11.5 Å². The fourth-order valence-corrected chi connectivity index (χ4v) is 2.16. The first kappa shape index (κ1) is 15.8. The van der Waals surface area contributed by atoms with Gasteiger partial charge in [0.15, 0.2) is 0 Å². The van der Waals surface area contributed by atoms with Crippen LogP contribution in [0.1, 0.15) is 11.1 Å². The highest BCUT2D eigenvalue weighted by Crippen LogP contribution is 2.35. The zero-order valence-electron chi connectivity index (χ0n) is 10.4. The molecule has 1 N–H and O–H groups in total. The number of ether oxygens (including phenoxy) is 1. The Bertz CT molecular complexity index is 637. The van der Waals surface area contributed by atoms with Crippen LogP contribution in [0.5, 0.6) is 11.5 Å². The van der Waals surface area contributed by atoms with Gasteiger partial charge in [0.05, 0.1) is 5.56 Å². The van der Waals surface area contributed by atoms with Crippen molar-refractivity contribution in [3.05, 3.63) is 57.6 Å². The van der Waals surface area contributed by atoms with Crippen molar-refractivity contribution >= 4 is 23.2 Å². The van der Waals surface area contributed by atoms with Crippen molar-refractivity contribution in [2.45, 2.75) is 12.8 Å². The molecule has 21 heavy (non-hydrogen) atoms. The third-order valence-electron chi connectivity index (χ3n) is 2.66. The third-order valence-corrected chi connectivity index (χ3v) is 3.37. The molecule has 0 amide bonds. The van der Waals surface area contributed by atoms with E-state index >= 15 is 0 Å². The second-order valence-electron chi connectivity index (χ2n) is 4.20. The van der Waals surface area contributed by atoms with Crippen molar-refractivity contribution in [1.29, 1.82) is 0 Å². The SMILES string of the molecule is Oc1cc(OCc2c(Cl)cccc2Cl)cc(C(F)(F)F)c1. The Balaban J connectivity index is 2.23. The number of hydrogen-bond donors (Lipinski definition) is 1. The first-order valence-electron chi connectivity index (χ1n) is 5.74. The number of rotatable bonds is 3. The van der Waals surface area contributed by atoms with Crippen molar-refractivity contribution in [2.75, 3.05) is 0 Å². The number of alkyl halides is 3. The standard InChI is InChI=1S/C14H9Cl2F3O2/c15-12-2-1-3-13(16)11(12)7-21-10-5-8(14(17,18)19)4-9(20)6-10/h1-6,20H,7H2. The lowest BCUT2D eigenvalue weighted by Gasteiger charge is -2.12. The molecular formula is C14H9Cl2F3O2. The summed E-state index contributed by atoms with van der Waals surface area (Å²) in [4.78, 5) is 0. The molecule has 0 heterocycles. The summed E-state index contributed by atoms with van der Waals surface area (Å²) in [5, 5.41) is 10.0. The number of phenols is 1. The lowest BCUT2D eigenvalue weighted by Crippen LogP contribution is -2.05. The van der Waals surface area contributed by atoms with Gasteiger partial charge in [0.25, 0.3) is 0 Å². The summed E-state index contributed by atoms with van der Waals surface area (Å²) in [6.45, 7) is -0.112. The number of benzene rings is 2. The fraction of sp³-hybridized carbons (Fsp3) is 0.143. The zero-order chi connectivity index (χ0) is 15.6. The Morgan fingerprint density at radius 2 is 1.67 bits per heavy atom. The van der Waals surface area contributed by atoms with Crippen LogP contribution < -0.4 is 4.74 Å². The van der Waals surface area contributed by atoms with Crippen LogP contribution in [-0.4, -0.2) is 5.11 Å². The summed E-state index contributed by atoms with van der Waals surface area (Å²) in [6.07, 6.45) is -4.57. The van der Waals surface area contributed by atoms with Crippen LogP contribution in [-0.2, 0) is 12.8 Å². The summed E-state index contributed by atoms with van der Waals surface area (Å²) >= 11 is 11.9. The minimum Gasteiger partial charge on any atom is -0.508 e. The van der Waals surface area contributed by atoms with E-state index in [9.17, 15) is 18.3 Å². The van der Waals surface area contributed by atoms with E-state index in [2.05, 4.69) is 0 Å². The lowest BCUT2D eigenvalue weighted by molar-refractivity contribution is -0.137. The number of phenolic OH excluding ortho intramolecular Hbond substituents is 1. The van der Waals surface area contributed by atoms with E-state index in [1.54, 1.807) is 18.2 Å². The van der Waals surface area contributed by atoms with E-state index in [0.29, 0.717) is 21.7 Å². The highest BCUT2D eigenvalue weighted by molar-refractivity contribution is 6.35. The Morgan fingerprint density at radius 1 is 1.05 bits per heavy atom. The van der Waals surface area contributed by atoms with E-state index < -0.39 is 17.5 Å². The molecule has 0 unspecified atom stereocenters. The molecule has 0 spiro atoms. The number of hydrogen-bond acceptors (Lipinski definition) is 2. The van der Waals surface area contributed by atoms with Gasteiger partial charge in [-0.2, -0.15) is 13.2 Å². The molecule has 7 heteroatoms. The average Bonchev–Trinajstić information content (AvgIpc) is 2.36. The third kappa shape index (κ3) is 3.95. The highest BCUT2D eigenvalue weighted by Gasteiger charge is 2.31. The van der Waals surface area contributed by atoms with Gasteiger partial charge < -0.3 is 9.84 Å². The molecule has 0 aliphatic carbocycles. The predicted octanol–water partition coefficient (Wildman–Crippen LogP) is 5.30. The molecular weight excluding hydrogens is 328 g/mol. The van der Waals surface area contributed by atoms with Gasteiger partial charge >= 0.3 is 6.18 Å².